The molecular formula is C17H18O2S. The smallest absolute Gasteiger partial charge is 0.119 e. The van der Waals surface area contributed by atoms with Crippen LogP contribution in [0.25, 0.3) is 0 Å². The van der Waals surface area contributed by atoms with E-state index in [4.69, 9.17) is 9.47 Å². The molecule has 3 heteroatoms. The van der Waals surface area contributed by atoms with Crippen LogP contribution in [-0.4, -0.2) is 19.5 Å². The molecule has 104 valence electrons. The zero-order chi connectivity index (χ0) is 13.8. The SMILES string of the molecule is CSC1(c2ccc(OCc3ccccc3)cc2)COC1. The van der Waals surface area contributed by atoms with Crippen LogP contribution in [0.3, 0.4) is 0 Å². The second-order valence-corrected chi connectivity index (χ2v) is 6.18. The van der Waals surface area contributed by atoms with Crippen LogP contribution >= 0.6 is 11.8 Å². The summed E-state index contributed by atoms with van der Waals surface area (Å²) in [5.74, 6) is 0.911. The average molecular weight is 286 g/mol. The molecule has 3 rings (SSSR count). The summed E-state index contributed by atoms with van der Waals surface area (Å²) in [6, 6.07) is 18.6. The van der Waals surface area contributed by atoms with Crippen molar-refractivity contribution in [2.24, 2.45) is 0 Å². The third-order valence-corrected chi connectivity index (χ3v) is 4.94. The van der Waals surface area contributed by atoms with Crippen LogP contribution in [-0.2, 0) is 16.1 Å². The first-order chi connectivity index (χ1) is 9.82. The number of rotatable bonds is 5. The maximum atomic E-state index is 5.81. The van der Waals surface area contributed by atoms with E-state index >= 15 is 0 Å². The summed E-state index contributed by atoms with van der Waals surface area (Å²) in [5.41, 5.74) is 2.51. The Balaban J connectivity index is 1.64. The van der Waals surface area contributed by atoms with E-state index < -0.39 is 0 Å². The van der Waals surface area contributed by atoms with E-state index in [1.54, 1.807) is 0 Å². The minimum absolute atomic E-state index is 0.151. The molecule has 2 nitrogen and oxygen atoms in total. The van der Waals surface area contributed by atoms with Gasteiger partial charge >= 0.3 is 0 Å². The van der Waals surface area contributed by atoms with Crippen molar-refractivity contribution in [3.8, 4) is 5.75 Å². The molecule has 1 fully saturated rings. The van der Waals surface area contributed by atoms with Crippen molar-refractivity contribution in [1.82, 2.24) is 0 Å². The van der Waals surface area contributed by atoms with Gasteiger partial charge in [-0.05, 0) is 29.5 Å². The Bertz CT molecular complexity index is 541. The summed E-state index contributed by atoms with van der Waals surface area (Å²) >= 11 is 1.86. The first-order valence-electron chi connectivity index (χ1n) is 6.73. The Kier molecular flexibility index (Phi) is 3.99. The second-order valence-electron chi connectivity index (χ2n) is 4.99. The fourth-order valence-electron chi connectivity index (χ4n) is 2.29. The summed E-state index contributed by atoms with van der Waals surface area (Å²) in [4.78, 5) is 0. The predicted octanol–water partition coefficient (Wildman–Crippen LogP) is 3.85. The molecule has 0 amide bonds. The van der Waals surface area contributed by atoms with Gasteiger partial charge in [0.2, 0.25) is 0 Å². The van der Waals surface area contributed by atoms with E-state index in [1.807, 2.05) is 30.0 Å². The van der Waals surface area contributed by atoms with Crippen LogP contribution in [0.15, 0.2) is 54.6 Å². The van der Waals surface area contributed by atoms with Gasteiger partial charge in [0.15, 0.2) is 0 Å². The second kappa shape index (κ2) is 5.90. The molecule has 0 saturated carbocycles. The maximum absolute atomic E-state index is 5.81. The first kappa shape index (κ1) is 13.5. The fourth-order valence-corrected chi connectivity index (χ4v) is 3.06. The Morgan fingerprint density at radius 1 is 1.05 bits per heavy atom. The lowest BCUT2D eigenvalue weighted by molar-refractivity contribution is -0.0106. The van der Waals surface area contributed by atoms with Crippen molar-refractivity contribution < 1.29 is 9.47 Å². The minimum atomic E-state index is 0.151. The van der Waals surface area contributed by atoms with Crippen LogP contribution in [0.4, 0.5) is 0 Å². The summed E-state index contributed by atoms with van der Waals surface area (Å²) in [7, 11) is 0. The number of hydrogen-bond donors (Lipinski definition) is 0. The summed E-state index contributed by atoms with van der Waals surface area (Å²) in [5, 5.41) is 0. The first-order valence-corrected chi connectivity index (χ1v) is 7.95. The molecule has 0 aromatic heterocycles. The number of thioether (sulfide) groups is 1. The Labute approximate surface area is 124 Å². The van der Waals surface area contributed by atoms with Crippen molar-refractivity contribution in [2.75, 3.05) is 19.5 Å². The van der Waals surface area contributed by atoms with Crippen molar-refractivity contribution >= 4 is 11.8 Å². The van der Waals surface area contributed by atoms with Crippen molar-refractivity contribution in [2.45, 2.75) is 11.4 Å². The number of hydrogen-bond acceptors (Lipinski definition) is 3. The molecule has 0 atom stereocenters. The van der Waals surface area contributed by atoms with Gasteiger partial charge < -0.3 is 9.47 Å². The van der Waals surface area contributed by atoms with Gasteiger partial charge in [-0.25, -0.2) is 0 Å². The highest BCUT2D eigenvalue weighted by atomic mass is 32.2. The zero-order valence-corrected chi connectivity index (χ0v) is 12.4. The number of ether oxygens (including phenoxy) is 2. The summed E-state index contributed by atoms with van der Waals surface area (Å²) in [6.45, 7) is 2.22. The van der Waals surface area contributed by atoms with Crippen molar-refractivity contribution in [3.63, 3.8) is 0 Å². The molecule has 2 aromatic carbocycles. The van der Waals surface area contributed by atoms with Gasteiger partial charge in [0.05, 0.1) is 18.0 Å². The van der Waals surface area contributed by atoms with Gasteiger partial charge in [-0.3, -0.25) is 0 Å². The number of benzene rings is 2. The van der Waals surface area contributed by atoms with Gasteiger partial charge in [-0.2, -0.15) is 0 Å². The van der Waals surface area contributed by atoms with Crippen LogP contribution in [0.1, 0.15) is 11.1 Å². The molecule has 1 heterocycles. The average Bonchev–Trinajstić information content (AvgIpc) is 2.47. The standard InChI is InChI=1S/C17H18O2S/c1-20-17(12-18-13-17)15-7-9-16(10-8-15)19-11-14-5-3-2-4-6-14/h2-10H,11-13H2,1H3. The lowest BCUT2D eigenvalue weighted by atomic mass is 9.96. The molecule has 0 N–H and O–H groups in total. The van der Waals surface area contributed by atoms with Gasteiger partial charge in [-0.1, -0.05) is 42.5 Å². The third-order valence-electron chi connectivity index (χ3n) is 3.69. The molecule has 0 radical (unpaired) electrons. The highest BCUT2D eigenvalue weighted by molar-refractivity contribution is 7.99. The van der Waals surface area contributed by atoms with Gasteiger partial charge in [-0.15, -0.1) is 11.8 Å². The summed E-state index contributed by atoms with van der Waals surface area (Å²) < 4.78 is 11.3. The summed E-state index contributed by atoms with van der Waals surface area (Å²) in [6.07, 6.45) is 2.14. The van der Waals surface area contributed by atoms with Gasteiger partial charge in [0.1, 0.15) is 12.4 Å². The molecule has 0 bridgehead atoms. The fraction of sp³-hybridized carbons (Fsp3) is 0.294. The quantitative estimate of drug-likeness (QED) is 0.831. The Morgan fingerprint density at radius 3 is 2.30 bits per heavy atom. The van der Waals surface area contributed by atoms with Crippen molar-refractivity contribution in [1.29, 1.82) is 0 Å². The van der Waals surface area contributed by atoms with Crippen LogP contribution in [0.5, 0.6) is 5.75 Å². The zero-order valence-electron chi connectivity index (χ0n) is 11.5. The molecule has 0 unspecified atom stereocenters. The van der Waals surface area contributed by atoms with E-state index in [9.17, 15) is 0 Å². The largest absolute Gasteiger partial charge is 0.489 e. The predicted molar refractivity (Wildman–Crippen MR) is 83.2 cm³/mol. The maximum Gasteiger partial charge on any atom is 0.119 e. The molecule has 2 aromatic rings. The highest BCUT2D eigenvalue weighted by Crippen LogP contribution is 2.41. The lowest BCUT2D eigenvalue weighted by Gasteiger charge is -2.40. The molecule has 1 saturated heterocycles. The van der Waals surface area contributed by atoms with Gasteiger partial charge in [0, 0.05) is 0 Å². The van der Waals surface area contributed by atoms with Gasteiger partial charge in [0.25, 0.3) is 0 Å². The van der Waals surface area contributed by atoms with E-state index in [1.165, 1.54) is 11.1 Å². The molecular weight excluding hydrogens is 268 g/mol. The van der Waals surface area contributed by atoms with E-state index in [2.05, 4.69) is 42.7 Å². The highest BCUT2D eigenvalue weighted by Gasteiger charge is 2.39. The molecule has 0 spiro atoms. The Hall–Kier alpha value is -1.45. The van der Waals surface area contributed by atoms with E-state index in [-0.39, 0.29) is 4.75 Å². The minimum Gasteiger partial charge on any atom is -0.489 e. The van der Waals surface area contributed by atoms with Crippen molar-refractivity contribution in [3.05, 3.63) is 65.7 Å². The lowest BCUT2D eigenvalue weighted by Crippen LogP contribution is -2.43. The van der Waals surface area contributed by atoms with E-state index in [0.29, 0.717) is 6.61 Å². The van der Waals surface area contributed by atoms with Crippen LogP contribution < -0.4 is 4.74 Å². The molecule has 1 aliphatic rings. The Morgan fingerprint density at radius 2 is 1.75 bits per heavy atom. The topological polar surface area (TPSA) is 18.5 Å². The monoisotopic (exact) mass is 286 g/mol. The van der Waals surface area contributed by atoms with Crippen LogP contribution in [0, 0.1) is 0 Å². The molecule has 0 aliphatic carbocycles. The third kappa shape index (κ3) is 2.69. The molecule has 1 aliphatic heterocycles. The van der Waals surface area contributed by atoms with E-state index in [0.717, 1.165) is 19.0 Å². The normalized spacial score (nSPS) is 16.4. The van der Waals surface area contributed by atoms with Crippen LogP contribution in [0.2, 0.25) is 0 Å². The molecule has 20 heavy (non-hydrogen) atoms.